The maximum atomic E-state index is 9.29. The molecular weight excluding hydrogens is 337 g/mol. The monoisotopic (exact) mass is 344 g/mol. The van der Waals surface area contributed by atoms with E-state index in [0.717, 1.165) is 5.56 Å². The number of hydrogen-bond acceptors (Lipinski definition) is 5. The van der Waals surface area contributed by atoms with Gasteiger partial charge in [0, 0.05) is 0 Å². The van der Waals surface area contributed by atoms with Gasteiger partial charge < -0.3 is 18.9 Å². The van der Waals surface area contributed by atoms with E-state index in [9.17, 15) is 18.9 Å². The van der Waals surface area contributed by atoms with Gasteiger partial charge in [-0.3, -0.25) is 4.31 Å². The maximum absolute atomic E-state index is 9.29. The van der Waals surface area contributed by atoms with E-state index in [-0.39, 0.29) is 37.7 Å². The van der Waals surface area contributed by atoms with E-state index >= 15 is 0 Å². The minimum atomic E-state index is -3.51. The number of rotatable bonds is 3. The molecule has 0 aromatic heterocycles. The molecule has 0 radical (unpaired) electrons. The second-order valence-electron chi connectivity index (χ2n) is 2.31. The van der Waals surface area contributed by atoms with Crippen molar-refractivity contribution in [2.75, 3.05) is 0 Å². The van der Waals surface area contributed by atoms with Crippen molar-refractivity contribution in [1.82, 2.24) is 0 Å². The van der Waals surface area contributed by atoms with Crippen molar-refractivity contribution in [1.29, 1.82) is 0 Å². The summed E-state index contributed by atoms with van der Waals surface area (Å²) in [5, 5.41) is 0. The van der Waals surface area contributed by atoms with Crippen molar-refractivity contribution in [3.05, 3.63) is 35.9 Å². The standard InChI is InChI=1S/C7H6Cl2.Ca.H4O5P2/c8-7(9)6-4-2-1-3-5-6;;1-6(2)5-7(3)4/h1-5,7H;;6-7H,(H,1,2)(H,3,4)/q;+2;/p-2. The number of alkyl halides is 2. The van der Waals surface area contributed by atoms with E-state index < -0.39 is 21.3 Å². The summed E-state index contributed by atoms with van der Waals surface area (Å²) in [7, 11) is -7.03. The molecule has 0 spiro atoms. The molecule has 0 saturated heterocycles. The summed E-state index contributed by atoms with van der Waals surface area (Å²) in [5.74, 6) is 0. The second kappa shape index (κ2) is 12.4. The molecule has 0 bridgehead atoms. The predicted molar refractivity (Wildman–Crippen MR) is 65.7 cm³/mol. The summed E-state index contributed by atoms with van der Waals surface area (Å²) < 4.78 is 21.8. The Morgan fingerprint density at radius 2 is 1.47 bits per heavy atom. The smallest absolute Gasteiger partial charge is 0.781 e. The van der Waals surface area contributed by atoms with Crippen LogP contribution in [-0.4, -0.2) is 37.7 Å². The van der Waals surface area contributed by atoms with Gasteiger partial charge in [0.05, 0.1) is 0 Å². The average Bonchev–Trinajstić information content (AvgIpc) is 2.17. The Hall–Kier alpha value is 1.40. The minimum Gasteiger partial charge on any atom is -0.781 e. The van der Waals surface area contributed by atoms with Gasteiger partial charge in [0.25, 0.3) is 0 Å². The number of benzene rings is 1. The van der Waals surface area contributed by atoms with Gasteiger partial charge in [-0.25, -0.2) is 0 Å². The Morgan fingerprint density at radius 3 is 1.65 bits per heavy atom. The third kappa shape index (κ3) is 13.6. The van der Waals surface area contributed by atoms with Gasteiger partial charge in [-0.1, -0.05) is 30.3 Å². The molecule has 5 nitrogen and oxygen atoms in total. The van der Waals surface area contributed by atoms with E-state index in [1.54, 1.807) is 0 Å². The van der Waals surface area contributed by atoms with E-state index in [1.165, 1.54) is 0 Å². The zero-order valence-corrected chi connectivity index (χ0v) is 14.2. The van der Waals surface area contributed by atoms with Crippen LogP contribution < -0.4 is 9.79 Å². The summed E-state index contributed by atoms with van der Waals surface area (Å²) in [6, 6.07) is 9.54. The molecule has 0 aliphatic carbocycles. The molecule has 0 fully saturated rings. The zero-order valence-electron chi connectivity index (χ0n) is 8.47. The Labute approximate surface area is 140 Å². The van der Waals surface area contributed by atoms with Crippen LogP contribution >= 0.6 is 39.7 Å². The Morgan fingerprint density at radius 1 is 1.06 bits per heavy atom. The van der Waals surface area contributed by atoms with Gasteiger partial charge in [-0.05, 0) is 5.56 Å². The fourth-order valence-electron chi connectivity index (χ4n) is 0.667. The predicted octanol–water partition coefficient (Wildman–Crippen LogP) is 1.28. The Bertz CT molecular complexity index is 339. The van der Waals surface area contributed by atoms with Crippen LogP contribution in [0.1, 0.15) is 10.4 Å². The van der Waals surface area contributed by atoms with Gasteiger partial charge in [-0.15, -0.1) is 23.2 Å². The summed E-state index contributed by atoms with van der Waals surface area (Å²) >= 11 is 11.1. The van der Waals surface area contributed by atoms with Gasteiger partial charge in [0.1, 0.15) is 21.3 Å². The molecule has 0 aliphatic heterocycles. The van der Waals surface area contributed by atoms with Crippen molar-refractivity contribution < 1.29 is 23.2 Å². The van der Waals surface area contributed by atoms with Crippen LogP contribution in [0, 0.1) is 0 Å². The molecule has 0 saturated carbocycles. The zero-order chi connectivity index (χ0) is 12.6. The third-order valence-corrected chi connectivity index (χ3v) is 3.06. The molecule has 10 heteroatoms. The van der Waals surface area contributed by atoms with Crippen LogP contribution in [0.15, 0.2) is 30.3 Å². The van der Waals surface area contributed by atoms with Gasteiger partial charge in [-0.2, -0.15) is 0 Å². The fraction of sp³-hybridized carbons (Fsp3) is 0.143. The molecule has 0 amide bonds. The van der Waals surface area contributed by atoms with Gasteiger partial charge >= 0.3 is 37.7 Å². The van der Waals surface area contributed by atoms with Crippen LogP contribution in [0.25, 0.3) is 0 Å². The van der Waals surface area contributed by atoms with E-state index in [1.807, 2.05) is 30.3 Å². The van der Waals surface area contributed by atoms with Crippen molar-refractivity contribution >= 4 is 77.4 Å². The normalized spacial score (nSPS) is 13.0. The molecule has 0 N–H and O–H groups in total. The topological polar surface area (TPSA) is 89.5 Å². The van der Waals surface area contributed by atoms with Crippen molar-refractivity contribution in [2.24, 2.45) is 0 Å². The van der Waals surface area contributed by atoms with Crippen molar-refractivity contribution in [3.8, 4) is 0 Å². The molecule has 0 aliphatic rings. The molecular formula is C7H8CaCl2O5P2. The van der Waals surface area contributed by atoms with Crippen molar-refractivity contribution in [2.45, 2.75) is 4.84 Å². The van der Waals surface area contributed by atoms with Gasteiger partial charge in [0.2, 0.25) is 0 Å². The van der Waals surface area contributed by atoms with Crippen LogP contribution in [0.2, 0.25) is 0 Å². The molecule has 92 valence electrons. The summed E-state index contributed by atoms with van der Waals surface area (Å²) in [6.07, 6.45) is 0. The quantitative estimate of drug-likeness (QED) is 0.468. The second-order valence-corrected chi connectivity index (χ2v) is 5.23. The Balaban J connectivity index is 0. The van der Waals surface area contributed by atoms with Gasteiger partial charge in [0.15, 0.2) is 0 Å². The summed E-state index contributed by atoms with van der Waals surface area (Å²) in [5.41, 5.74) is 0.945. The third-order valence-electron chi connectivity index (χ3n) is 1.22. The molecule has 1 aromatic carbocycles. The SMILES string of the molecule is ClC(Cl)c1ccccc1.O=[PH]([O-])O[PH](=O)[O-].[Ca+2]. The summed E-state index contributed by atoms with van der Waals surface area (Å²) in [6.45, 7) is 0. The molecule has 1 rings (SSSR count). The van der Waals surface area contributed by atoms with E-state index in [2.05, 4.69) is 4.31 Å². The molecule has 0 heterocycles. The largest absolute Gasteiger partial charge is 2.00 e. The maximum Gasteiger partial charge on any atom is 2.00 e. The first-order valence-electron chi connectivity index (χ1n) is 3.86. The van der Waals surface area contributed by atoms with Crippen LogP contribution in [0.5, 0.6) is 0 Å². The number of halogens is 2. The fourth-order valence-corrected chi connectivity index (χ4v) is 1.50. The average molecular weight is 345 g/mol. The van der Waals surface area contributed by atoms with E-state index in [4.69, 9.17) is 23.2 Å². The molecule has 2 unspecified atom stereocenters. The first kappa shape index (κ1) is 20.7. The molecule has 2 atom stereocenters. The van der Waals surface area contributed by atoms with Crippen LogP contribution in [-0.2, 0) is 13.4 Å². The minimum absolute atomic E-state index is 0. The van der Waals surface area contributed by atoms with Crippen molar-refractivity contribution in [3.63, 3.8) is 0 Å². The first-order valence-corrected chi connectivity index (χ1v) is 7.18. The molecule has 1 aromatic rings. The summed E-state index contributed by atoms with van der Waals surface area (Å²) in [4.78, 5) is 18.2. The Kier molecular flexibility index (Phi) is 15.1. The first-order chi connectivity index (χ1) is 7.43. The van der Waals surface area contributed by atoms with Crippen LogP contribution in [0.4, 0.5) is 0 Å². The molecule has 17 heavy (non-hydrogen) atoms. The van der Waals surface area contributed by atoms with Crippen LogP contribution in [0.3, 0.4) is 0 Å². The van der Waals surface area contributed by atoms with E-state index in [0.29, 0.717) is 0 Å². The number of hydrogen-bond donors (Lipinski definition) is 0.